The number of hydrogen-bond acceptors (Lipinski definition) is 5. The lowest BCUT2D eigenvalue weighted by Gasteiger charge is -2.36. The van der Waals surface area contributed by atoms with Crippen molar-refractivity contribution in [3.63, 3.8) is 0 Å². The minimum Gasteiger partial charge on any atom is -0.388 e. The molecule has 106 valence electrons. The summed E-state index contributed by atoms with van der Waals surface area (Å²) >= 11 is 0. The van der Waals surface area contributed by atoms with E-state index in [1.165, 1.54) is 0 Å². The Bertz CT molecular complexity index is 400. The first-order valence-corrected chi connectivity index (χ1v) is 6.65. The molecule has 2 heterocycles. The van der Waals surface area contributed by atoms with Crippen LogP contribution in [0.25, 0.3) is 0 Å². The van der Waals surface area contributed by atoms with Gasteiger partial charge in [0.2, 0.25) is 0 Å². The Morgan fingerprint density at radius 3 is 2.63 bits per heavy atom. The molecular weight excluding hydrogens is 244 g/mol. The fourth-order valence-electron chi connectivity index (χ4n) is 2.31. The van der Waals surface area contributed by atoms with Crippen LogP contribution >= 0.6 is 0 Å². The van der Waals surface area contributed by atoms with Crippen molar-refractivity contribution in [2.75, 3.05) is 31.7 Å². The van der Waals surface area contributed by atoms with E-state index in [0.717, 1.165) is 5.69 Å². The van der Waals surface area contributed by atoms with Gasteiger partial charge < -0.3 is 19.8 Å². The van der Waals surface area contributed by atoms with Crippen molar-refractivity contribution in [1.82, 2.24) is 4.98 Å². The van der Waals surface area contributed by atoms with E-state index >= 15 is 0 Å². The fraction of sp³-hybridized carbons (Fsp3) is 0.643. The van der Waals surface area contributed by atoms with Gasteiger partial charge in [-0.3, -0.25) is 4.98 Å². The molecule has 0 saturated carbocycles. The number of hydrogen-bond donors (Lipinski definition) is 2. The second-order valence-electron chi connectivity index (χ2n) is 5.31. The number of nitrogens with zero attached hydrogens (tertiary/aromatic N) is 2. The van der Waals surface area contributed by atoms with Crippen LogP contribution in [0.1, 0.15) is 31.6 Å². The molecule has 1 aromatic heterocycles. The van der Waals surface area contributed by atoms with Crippen molar-refractivity contribution < 1.29 is 14.9 Å². The molecule has 2 rings (SSSR count). The number of rotatable bonds is 4. The highest BCUT2D eigenvalue weighted by Gasteiger charge is 2.31. The topological polar surface area (TPSA) is 65.8 Å². The Morgan fingerprint density at radius 2 is 2.11 bits per heavy atom. The van der Waals surface area contributed by atoms with Crippen LogP contribution in [0.2, 0.25) is 0 Å². The molecule has 0 amide bonds. The van der Waals surface area contributed by atoms with Crippen molar-refractivity contribution in [2.45, 2.75) is 31.5 Å². The van der Waals surface area contributed by atoms with Crippen molar-refractivity contribution in [2.24, 2.45) is 0 Å². The van der Waals surface area contributed by atoms with E-state index in [0.29, 0.717) is 38.3 Å². The number of anilines is 1. The van der Waals surface area contributed by atoms with E-state index in [1.54, 1.807) is 13.1 Å². The van der Waals surface area contributed by atoms with Crippen molar-refractivity contribution in [3.05, 3.63) is 24.0 Å². The van der Waals surface area contributed by atoms with Crippen LogP contribution in [0, 0.1) is 0 Å². The number of aromatic nitrogens is 1. The standard InChI is InChI=1S/C14H22N2O3/c1-11(17)13-4-3-12(9-15-13)16(2)10-14(18)5-7-19-8-6-14/h3-4,9,11,17-18H,5-8,10H2,1-2H3/t11-/m0/s1. The van der Waals surface area contributed by atoms with Crippen LogP contribution in [0.15, 0.2) is 18.3 Å². The Morgan fingerprint density at radius 1 is 1.42 bits per heavy atom. The van der Waals surface area contributed by atoms with Crippen LogP contribution in [-0.2, 0) is 4.74 Å². The van der Waals surface area contributed by atoms with Gasteiger partial charge in [-0.2, -0.15) is 0 Å². The summed E-state index contributed by atoms with van der Waals surface area (Å²) in [5.74, 6) is 0. The third-order valence-corrected chi connectivity index (χ3v) is 3.59. The van der Waals surface area contributed by atoms with Gasteiger partial charge in [-0.05, 0) is 19.1 Å². The molecule has 1 aliphatic heterocycles. The predicted molar refractivity (Wildman–Crippen MR) is 73.1 cm³/mol. The van der Waals surface area contributed by atoms with Crippen molar-refractivity contribution >= 4 is 5.69 Å². The minimum atomic E-state index is -0.685. The van der Waals surface area contributed by atoms with Gasteiger partial charge in [0.05, 0.1) is 29.3 Å². The number of likely N-dealkylation sites (N-methyl/N-ethyl adjacent to an activating group) is 1. The smallest absolute Gasteiger partial charge is 0.0931 e. The number of aliphatic hydroxyl groups is 2. The molecular formula is C14H22N2O3. The van der Waals surface area contributed by atoms with E-state index in [-0.39, 0.29) is 0 Å². The van der Waals surface area contributed by atoms with Gasteiger partial charge in [-0.15, -0.1) is 0 Å². The molecule has 0 spiro atoms. The normalized spacial score (nSPS) is 20.0. The molecule has 1 aliphatic rings. The van der Waals surface area contributed by atoms with Gasteiger partial charge >= 0.3 is 0 Å². The average molecular weight is 266 g/mol. The molecule has 0 radical (unpaired) electrons. The van der Waals surface area contributed by atoms with Gasteiger partial charge in [0, 0.05) is 39.6 Å². The van der Waals surface area contributed by atoms with Crippen LogP contribution in [0.5, 0.6) is 0 Å². The van der Waals surface area contributed by atoms with Crippen molar-refractivity contribution in [1.29, 1.82) is 0 Å². The summed E-state index contributed by atoms with van der Waals surface area (Å²) in [7, 11) is 1.94. The third-order valence-electron chi connectivity index (χ3n) is 3.59. The SMILES string of the molecule is C[C@H](O)c1ccc(N(C)CC2(O)CCOCC2)cn1. The van der Waals surface area contributed by atoms with E-state index in [1.807, 2.05) is 24.1 Å². The van der Waals surface area contributed by atoms with E-state index in [2.05, 4.69) is 4.98 Å². The Kier molecular flexibility index (Phi) is 4.39. The first-order valence-electron chi connectivity index (χ1n) is 6.65. The lowest BCUT2D eigenvalue weighted by atomic mass is 9.94. The van der Waals surface area contributed by atoms with E-state index in [9.17, 15) is 10.2 Å². The molecule has 0 bridgehead atoms. The zero-order valence-electron chi connectivity index (χ0n) is 11.5. The number of pyridine rings is 1. The van der Waals surface area contributed by atoms with Crippen LogP contribution in [0.4, 0.5) is 5.69 Å². The second kappa shape index (κ2) is 5.86. The molecule has 2 N–H and O–H groups in total. The van der Waals surface area contributed by atoms with Crippen LogP contribution in [-0.4, -0.2) is 47.6 Å². The number of ether oxygens (including phenoxy) is 1. The molecule has 1 atom stereocenters. The zero-order valence-corrected chi connectivity index (χ0v) is 11.5. The molecule has 0 aromatic carbocycles. The maximum atomic E-state index is 10.5. The van der Waals surface area contributed by atoms with Gasteiger partial charge in [0.1, 0.15) is 0 Å². The molecule has 0 unspecified atom stereocenters. The molecule has 0 aliphatic carbocycles. The lowest BCUT2D eigenvalue weighted by molar-refractivity contribution is -0.0572. The first-order chi connectivity index (χ1) is 9.00. The fourth-order valence-corrected chi connectivity index (χ4v) is 2.31. The van der Waals surface area contributed by atoms with E-state index in [4.69, 9.17) is 4.74 Å². The Balaban J connectivity index is 2.00. The minimum absolute atomic E-state index is 0.556. The van der Waals surface area contributed by atoms with Gasteiger partial charge in [0.25, 0.3) is 0 Å². The largest absolute Gasteiger partial charge is 0.388 e. The zero-order chi connectivity index (χ0) is 13.9. The summed E-state index contributed by atoms with van der Waals surface area (Å²) in [5, 5.41) is 19.9. The van der Waals surface area contributed by atoms with Crippen LogP contribution < -0.4 is 4.90 Å². The maximum Gasteiger partial charge on any atom is 0.0931 e. The second-order valence-corrected chi connectivity index (χ2v) is 5.31. The summed E-state index contributed by atoms with van der Waals surface area (Å²) in [4.78, 5) is 6.21. The predicted octanol–water partition coefficient (Wildman–Crippen LogP) is 1.11. The van der Waals surface area contributed by atoms with Gasteiger partial charge in [0.15, 0.2) is 0 Å². The molecule has 1 saturated heterocycles. The summed E-state index contributed by atoms with van der Waals surface area (Å²) in [5.41, 5.74) is 0.905. The lowest BCUT2D eigenvalue weighted by Crippen LogP contribution is -2.45. The molecule has 5 heteroatoms. The Hall–Kier alpha value is -1.17. The summed E-state index contributed by atoms with van der Waals surface area (Å²) in [6, 6.07) is 3.72. The van der Waals surface area contributed by atoms with Gasteiger partial charge in [-0.1, -0.05) is 0 Å². The maximum absolute atomic E-state index is 10.5. The average Bonchev–Trinajstić information content (AvgIpc) is 2.39. The highest BCUT2D eigenvalue weighted by Crippen LogP contribution is 2.24. The Labute approximate surface area is 113 Å². The molecule has 19 heavy (non-hydrogen) atoms. The summed E-state index contributed by atoms with van der Waals surface area (Å²) in [6.45, 7) is 3.48. The molecule has 1 aromatic rings. The summed E-state index contributed by atoms with van der Waals surface area (Å²) < 4.78 is 5.28. The highest BCUT2D eigenvalue weighted by molar-refractivity contribution is 5.44. The highest BCUT2D eigenvalue weighted by atomic mass is 16.5. The van der Waals surface area contributed by atoms with E-state index < -0.39 is 11.7 Å². The monoisotopic (exact) mass is 266 g/mol. The molecule has 5 nitrogen and oxygen atoms in total. The van der Waals surface area contributed by atoms with Gasteiger partial charge in [-0.25, -0.2) is 0 Å². The third kappa shape index (κ3) is 3.65. The van der Waals surface area contributed by atoms with Crippen molar-refractivity contribution in [3.8, 4) is 0 Å². The first kappa shape index (κ1) is 14.2. The molecule has 1 fully saturated rings. The quantitative estimate of drug-likeness (QED) is 0.854. The summed E-state index contributed by atoms with van der Waals surface area (Å²) in [6.07, 6.45) is 2.50. The van der Waals surface area contributed by atoms with Crippen LogP contribution in [0.3, 0.4) is 0 Å². The number of aliphatic hydroxyl groups excluding tert-OH is 1.